The summed E-state index contributed by atoms with van der Waals surface area (Å²) in [5.74, 6) is 0. The third-order valence-corrected chi connectivity index (χ3v) is 4.01. The number of rotatable bonds is 2. The van der Waals surface area contributed by atoms with Gasteiger partial charge in [0.2, 0.25) is 0 Å². The molecule has 0 saturated heterocycles. The topological polar surface area (TPSA) is 0 Å². The predicted molar refractivity (Wildman–Crippen MR) is 81.9 cm³/mol. The van der Waals surface area contributed by atoms with Crippen LogP contribution in [0.5, 0.6) is 0 Å². The predicted octanol–water partition coefficient (Wildman–Crippen LogP) is 5.38. The van der Waals surface area contributed by atoms with Crippen LogP contribution in [-0.4, -0.2) is 0 Å². The van der Waals surface area contributed by atoms with Gasteiger partial charge in [-0.3, -0.25) is 0 Å². The third-order valence-electron chi connectivity index (χ3n) is 2.93. The summed E-state index contributed by atoms with van der Waals surface area (Å²) >= 11 is 1.84. The number of hydrogen-bond acceptors (Lipinski definition) is 1. The second kappa shape index (κ2) is 4.79. The van der Waals surface area contributed by atoms with E-state index in [1.165, 1.54) is 26.1 Å². The maximum Gasteiger partial charge on any atom is 0.0349 e. The third kappa shape index (κ3) is 2.36. The molecule has 3 aromatic rings. The first-order chi connectivity index (χ1) is 8.81. The van der Waals surface area contributed by atoms with Crippen molar-refractivity contribution in [3.63, 3.8) is 0 Å². The van der Waals surface area contributed by atoms with E-state index < -0.39 is 0 Å². The molecule has 2 aromatic carbocycles. The smallest absolute Gasteiger partial charge is 0.0349 e. The van der Waals surface area contributed by atoms with Crippen molar-refractivity contribution in [2.75, 3.05) is 0 Å². The lowest BCUT2D eigenvalue weighted by Crippen LogP contribution is -1.68. The molecule has 0 aliphatic rings. The highest BCUT2D eigenvalue weighted by molar-refractivity contribution is 7.19. The molecule has 0 spiro atoms. The van der Waals surface area contributed by atoms with Crippen LogP contribution in [0.2, 0.25) is 0 Å². The van der Waals surface area contributed by atoms with Crippen LogP contribution < -0.4 is 0 Å². The molecule has 0 amide bonds. The minimum Gasteiger partial charge on any atom is -0.136 e. The van der Waals surface area contributed by atoms with Crippen LogP contribution in [0.4, 0.5) is 0 Å². The van der Waals surface area contributed by atoms with Gasteiger partial charge in [-0.05, 0) is 36.1 Å². The van der Waals surface area contributed by atoms with Crippen molar-refractivity contribution in [1.82, 2.24) is 0 Å². The van der Waals surface area contributed by atoms with E-state index in [0.29, 0.717) is 0 Å². The fourth-order valence-corrected chi connectivity index (χ4v) is 2.96. The molecule has 1 heterocycles. The van der Waals surface area contributed by atoms with E-state index in [1.54, 1.807) is 0 Å². The summed E-state index contributed by atoms with van der Waals surface area (Å²) in [5.41, 5.74) is 2.56. The molecular formula is C17H14S. The summed E-state index contributed by atoms with van der Waals surface area (Å²) in [4.78, 5) is 1.31. The van der Waals surface area contributed by atoms with Crippen molar-refractivity contribution in [3.8, 4) is 0 Å². The van der Waals surface area contributed by atoms with E-state index in [0.717, 1.165) is 0 Å². The Labute approximate surface area is 111 Å². The zero-order chi connectivity index (χ0) is 12.4. The van der Waals surface area contributed by atoms with Crippen molar-refractivity contribution in [1.29, 1.82) is 0 Å². The standard InChI is InChI=1S/C17H14S/c1-13-7-10-17-15(11-13)12-16(18-17)9-8-14-5-3-2-4-6-14/h2-12H,1H3/b9-8-. The SMILES string of the molecule is Cc1ccc2sc(/C=C\c3ccccc3)cc2c1. The Morgan fingerprint density at radius 2 is 1.72 bits per heavy atom. The quantitative estimate of drug-likeness (QED) is 0.572. The largest absolute Gasteiger partial charge is 0.136 e. The van der Waals surface area contributed by atoms with E-state index in [9.17, 15) is 0 Å². The van der Waals surface area contributed by atoms with Gasteiger partial charge >= 0.3 is 0 Å². The van der Waals surface area contributed by atoms with Crippen molar-refractivity contribution < 1.29 is 0 Å². The van der Waals surface area contributed by atoms with E-state index in [-0.39, 0.29) is 0 Å². The zero-order valence-electron chi connectivity index (χ0n) is 10.3. The average Bonchev–Trinajstić information content (AvgIpc) is 2.79. The molecule has 0 radical (unpaired) electrons. The van der Waals surface area contributed by atoms with Gasteiger partial charge in [0, 0.05) is 9.58 Å². The second-order valence-corrected chi connectivity index (χ2v) is 5.55. The number of aryl methyl sites for hydroxylation is 1. The molecule has 1 heteroatoms. The van der Waals surface area contributed by atoms with Gasteiger partial charge in [0.25, 0.3) is 0 Å². The fourth-order valence-electron chi connectivity index (χ4n) is 2.01. The fraction of sp³-hybridized carbons (Fsp3) is 0.0588. The van der Waals surface area contributed by atoms with Crippen LogP contribution in [0.25, 0.3) is 22.2 Å². The summed E-state index contributed by atoms with van der Waals surface area (Å²) in [6, 6.07) is 19.3. The first-order valence-corrected chi connectivity index (χ1v) is 6.86. The molecule has 18 heavy (non-hydrogen) atoms. The summed E-state index contributed by atoms with van der Waals surface area (Å²) in [6.07, 6.45) is 4.35. The van der Waals surface area contributed by atoms with Gasteiger partial charge in [0.1, 0.15) is 0 Å². The van der Waals surface area contributed by atoms with Crippen molar-refractivity contribution >= 4 is 33.6 Å². The van der Waals surface area contributed by atoms with E-state index in [1.807, 2.05) is 17.4 Å². The lowest BCUT2D eigenvalue weighted by Gasteiger charge is -1.89. The van der Waals surface area contributed by atoms with Crippen molar-refractivity contribution in [3.05, 3.63) is 70.6 Å². The Morgan fingerprint density at radius 1 is 0.889 bits per heavy atom. The highest BCUT2D eigenvalue weighted by Gasteiger charge is 1.99. The monoisotopic (exact) mass is 250 g/mol. The van der Waals surface area contributed by atoms with Crippen LogP contribution in [0.1, 0.15) is 16.0 Å². The van der Waals surface area contributed by atoms with Crippen LogP contribution in [0.3, 0.4) is 0 Å². The van der Waals surface area contributed by atoms with Crippen LogP contribution >= 0.6 is 11.3 Å². The molecule has 0 saturated carbocycles. The molecule has 0 nitrogen and oxygen atoms in total. The van der Waals surface area contributed by atoms with Crippen molar-refractivity contribution in [2.45, 2.75) is 6.92 Å². The van der Waals surface area contributed by atoms with E-state index >= 15 is 0 Å². The molecule has 3 rings (SSSR count). The Bertz CT molecular complexity index is 690. The van der Waals surface area contributed by atoms with Crippen LogP contribution in [0.15, 0.2) is 54.6 Å². The van der Waals surface area contributed by atoms with Crippen molar-refractivity contribution in [2.24, 2.45) is 0 Å². The summed E-state index contributed by atoms with van der Waals surface area (Å²) in [6.45, 7) is 2.14. The zero-order valence-corrected chi connectivity index (χ0v) is 11.1. The molecule has 0 N–H and O–H groups in total. The number of hydrogen-bond donors (Lipinski definition) is 0. The molecule has 0 bridgehead atoms. The van der Waals surface area contributed by atoms with Gasteiger partial charge in [-0.2, -0.15) is 0 Å². The maximum atomic E-state index is 2.26. The molecule has 0 aliphatic heterocycles. The Morgan fingerprint density at radius 3 is 2.56 bits per heavy atom. The molecule has 0 fully saturated rings. The molecule has 0 unspecified atom stereocenters. The highest BCUT2D eigenvalue weighted by atomic mass is 32.1. The number of fused-ring (bicyclic) bond motifs is 1. The lowest BCUT2D eigenvalue weighted by molar-refractivity contribution is 1.51. The molecule has 0 atom stereocenters. The molecule has 1 aromatic heterocycles. The second-order valence-electron chi connectivity index (χ2n) is 4.43. The summed E-state index contributed by atoms with van der Waals surface area (Å²) < 4.78 is 1.35. The first-order valence-electron chi connectivity index (χ1n) is 6.04. The maximum absolute atomic E-state index is 2.26. The normalized spacial score (nSPS) is 11.4. The summed E-state index contributed by atoms with van der Waals surface area (Å²) in [7, 11) is 0. The van der Waals surface area contributed by atoms with Crippen LogP contribution in [0, 0.1) is 6.92 Å². The molecule has 88 valence electrons. The average molecular weight is 250 g/mol. The minimum atomic E-state index is 1.24. The van der Waals surface area contributed by atoms with Gasteiger partial charge in [-0.25, -0.2) is 0 Å². The number of thiophene rings is 1. The minimum absolute atomic E-state index is 1.24. The number of benzene rings is 2. The molecular weight excluding hydrogens is 236 g/mol. The molecule has 0 aliphatic carbocycles. The van der Waals surface area contributed by atoms with Crippen LogP contribution in [-0.2, 0) is 0 Å². The Balaban J connectivity index is 1.93. The van der Waals surface area contributed by atoms with Gasteiger partial charge in [0.15, 0.2) is 0 Å². The summed E-state index contributed by atoms with van der Waals surface area (Å²) in [5, 5.41) is 1.34. The van der Waals surface area contributed by atoms with Gasteiger partial charge in [0.05, 0.1) is 0 Å². The van der Waals surface area contributed by atoms with Gasteiger partial charge in [-0.1, -0.05) is 54.1 Å². The van der Waals surface area contributed by atoms with Gasteiger partial charge < -0.3 is 0 Å². The lowest BCUT2D eigenvalue weighted by atomic mass is 10.2. The Kier molecular flexibility index (Phi) is 2.99. The first kappa shape index (κ1) is 11.2. The highest BCUT2D eigenvalue weighted by Crippen LogP contribution is 2.27. The van der Waals surface area contributed by atoms with E-state index in [4.69, 9.17) is 0 Å². The van der Waals surface area contributed by atoms with Gasteiger partial charge in [-0.15, -0.1) is 11.3 Å². The van der Waals surface area contributed by atoms with E-state index in [2.05, 4.69) is 67.6 Å². The Hall–Kier alpha value is -1.86.